The van der Waals surface area contributed by atoms with Gasteiger partial charge in [-0.15, -0.1) is 11.3 Å². The highest BCUT2D eigenvalue weighted by Gasteiger charge is 2.14. The zero-order valence-electron chi connectivity index (χ0n) is 12.6. The average Bonchev–Trinajstić information content (AvgIpc) is 3.18. The Balaban J connectivity index is 1.66. The van der Waals surface area contributed by atoms with E-state index in [-0.39, 0.29) is 4.90 Å². The van der Waals surface area contributed by atoms with Gasteiger partial charge in [0.1, 0.15) is 5.69 Å². The van der Waals surface area contributed by atoms with Crippen molar-refractivity contribution in [3.05, 3.63) is 59.4 Å². The van der Waals surface area contributed by atoms with E-state index in [4.69, 9.17) is 0 Å². The highest BCUT2D eigenvalue weighted by Crippen LogP contribution is 2.25. The van der Waals surface area contributed by atoms with E-state index in [9.17, 15) is 8.42 Å². The Morgan fingerprint density at radius 1 is 1.22 bits per heavy atom. The number of benzene rings is 1. The smallest absolute Gasteiger partial charge is 0.240 e. The second kappa shape index (κ2) is 6.66. The zero-order valence-corrected chi connectivity index (χ0v) is 14.2. The van der Waals surface area contributed by atoms with Gasteiger partial charge < -0.3 is 4.98 Å². The normalized spacial score (nSPS) is 11.7. The van der Waals surface area contributed by atoms with Crippen LogP contribution in [0.5, 0.6) is 0 Å². The quantitative estimate of drug-likeness (QED) is 0.720. The molecule has 1 aromatic carbocycles. The summed E-state index contributed by atoms with van der Waals surface area (Å²) in [6, 6.07) is 10.8. The fraction of sp³-hybridized carbons (Fsp3) is 0.188. The molecular weight excluding hydrogens is 330 g/mol. The highest BCUT2D eigenvalue weighted by atomic mass is 32.2. The molecule has 3 aromatic rings. The van der Waals surface area contributed by atoms with Gasteiger partial charge in [0.15, 0.2) is 0 Å². The molecule has 0 saturated carbocycles. The molecule has 120 valence electrons. The lowest BCUT2D eigenvalue weighted by Gasteiger charge is -2.07. The number of aromatic amines is 1. The lowest BCUT2D eigenvalue weighted by molar-refractivity contribution is 0.581. The van der Waals surface area contributed by atoms with Gasteiger partial charge >= 0.3 is 0 Å². The van der Waals surface area contributed by atoms with E-state index in [1.54, 1.807) is 41.9 Å². The molecule has 0 atom stereocenters. The molecule has 5 nitrogen and oxygen atoms in total. The molecule has 0 unspecified atom stereocenters. The Hall–Kier alpha value is -1.96. The molecule has 0 spiro atoms. The monoisotopic (exact) mass is 347 g/mol. The maximum absolute atomic E-state index is 12.3. The van der Waals surface area contributed by atoms with Gasteiger partial charge in [-0.3, -0.25) is 0 Å². The predicted molar refractivity (Wildman–Crippen MR) is 92.0 cm³/mol. The minimum Gasteiger partial charge on any atom is -0.348 e. The van der Waals surface area contributed by atoms with Crippen molar-refractivity contribution in [1.29, 1.82) is 0 Å². The molecule has 2 N–H and O–H groups in total. The Morgan fingerprint density at radius 3 is 2.70 bits per heavy atom. The van der Waals surface area contributed by atoms with Crippen LogP contribution in [0.1, 0.15) is 11.3 Å². The number of thiophene rings is 1. The topological polar surface area (TPSA) is 74.8 Å². The van der Waals surface area contributed by atoms with Crippen LogP contribution in [0.3, 0.4) is 0 Å². The molecule has 0 bridgehead atoms. The summed E-state index contributed by atoms with van der Waals surface area (Å²) >= 11 is 1.61. The van der Waals surface area contributed by atoms with Crippen molar-refractivity contribution in [2.75, 3.05) is 6.54 Å². The van der Waals surface area contributed by atoms with Gasteiger partial charge in [-0.1, -0.05) is 23.8 Å². The molecule has 0 aliphatic heterocycles. The molecule has 0 aliphatic rings. The van der Waals surface area contributed by atoms with Crippen LogP contribution in [0.25, 0.3) is 10.6 Å². The van der Waals surface area contributed by atoms with Crippen LogP contribution in [-0.2, 0) is 16.4 Å². The van der Waals surface area contributed by atoms with Crippen LogP contribution in [0, 0.1) is 6.92 Å². The number of nitrogens with one attached hydrogen (secondary N) is 2. The van der Waals surface area contributed by atoms with Crippen molar-refractivity contribution in [3.8, 4) is 10.6 Å². The SMILES string of the molecule is Cc1ccc(S(=O)(=O)NCCc2[nH]cnc2-c2cccs2)cc1. The Morgan fingerprint density at radius 2 is 2.00 bits per heavy atom. The number of rotatable bonds is 6. The second-order valence-electron chi connectivity index (χ2n) is 5.17. The van der Waals surface area contributed by atoms with E-state index in [2.05, 4.69) is 14.7 Å². The fourth-order valence-corrected chi connectivity index (χ4v) is 4.03. The van der Waals surface area contributed by atoms with Gasteiger partial charge in [-0.25, -0.2) is 18.1 Å². The first-order chi connectivity index (χ1) is 11.1. The molecule has 0 aliphatic carbocycles. The number of imidazole rings is 1. The third-order valence-electron chi connectivity index (χ3n) is 3.47. The lowest BCUT2D eigenvalue weighted by Crippen LogP contribution is -2.26. The van der Waals surface area contributed by atoms with E-state index in [0.29, 0.717) is 13.0 Å². The third kappa shape index (κ3) is 3.69. The summed E-state index contributed by atoms with van der Waals surface area (Å²) in [6.07, 6.45) is 2.19. The zero-order chi connectivity index (χ0) is 16.3. The van der Waals surface area contributed by atoms with Crippen LogP contribution in [0.2, 0.25) is 0 Å². The summed E-state index contributed by atoms with van der Waals surface area (Å²) in [5.74, 6) is 0. The fourth-order valence-electron chi connectivity index (χ4n) is 2.25. The maximum atomic E-state index is 12.3. The molecule has 0 fully saturated rings. The number of aromatic nitrogens is 2. The number of sulfonamides is 1. The predicted octanol–water partition coefficient (Wildman–Crippen LogP) is 2.97. The highest BCUT2D eigenvalue weighted by molar-refractivity contribution is 7.89. The number of H-pyrrole nitrogens is 1. The summed E-state index contributed by atoms with van der Waals surface area (Å²) in [7, 11) is -3.48. The molecule has 7 heteroatoms. The van der Waals surface area contributed by atoms with Crippen molar-refractivity contribution < 1.29 is 8.42 Å². The molecule has 23 heavy (non-hydrogen) atoms. The van der Waals surface area contributed by atoms with Crippen LogP contribution >= 0.6 is 11.3 Å². The summed E-state index contributed by atoms with van der Waals surface area (Å²) in [4.78, 5) is 8.76. The van der Waals surface area contributed by atoms with Crippen LogP contribution in [-0.4, -0.2) is 24.9 Å². The van der Waals surface area contributed by atoms with Crippen molar-refractivity contribution in [2.45, 2.75) is 18.2 Å². The summed E-state index contributed by atoms with van der Waals surface area (Å²) in [6.45, 7) is 2.24. The summed E-state index contributed by atoms with van der Waals surface area (Å²) < 4.78 is 27.1. The third-order valence-corrected chi connectivity index (χ3v) is 5.82. The van der Waals surface area contributed by atoms with E-state index in [1.807, 2.05) is 24.4 Å². The van der Waals surface area contributed by atoms with Crippen molar-refractivity contribution in [1.82, 2.24) is 14.7 Å². The van der Waals surface area contributed by atoms with E-state index in [0.717, 1.165) is 21.8 Å². The molecular formula is C16H17N3O2S2. The number of nitrogens with zero attached hydrogens (tertiary/aromatic N) is 1. The van der Waals surface area contributed by atoms with Crippen molar-refractivity contribution in [2.24, 2.45) is 0 Å². The Kier molecular flexibility index (Phi) is 4.61. The first-order valence-electron chi connectivity index (χ1n) is 7.19. The van der Waals surface area contributed by atoms with Crippen LogP contribution in [0.15, 0.2) is 53.0 Å². The maximum Gasteiger partial charge on any atom is 0.240 e. The lowest BCUT2D eigenvalue weighted by atomic mass is 10.2. The molecule has 2 aromatic heterocycles. The first kappa shape index (κ1) is 15.9. The van der Waals surface area contributed by atoms with Gasteiger partial charge in [-0.2, -0.15) is 0 Å². The van der Waals surface area contributed by atoms with E-state index in [1.165, 1.54) is 0 Å². The molecule has 0 radical (unpaired) electrons. The molecule has 2 heterocycles. The molecule has 0 saturated heterocycles. The Labute approximate surface area is 139 Å². The van der Waals surface area contributed by atoms with Crippen LogP contribution in [0.4, 0.5) is 0 Å². The van der Waals surface area contributed by atoms with Gasteiger partial charge in [0.25, 0.3) is 0 Å². The average molecular weight is 347 g/mol. The van der Waals surface area contributed by atoms with E-state index < -0.39 is 10.0 Å². The minimum atomic E-state index is -3.48. The number of hydrogen-bond donors (Lipinski definition) is 2. The minimum absolute atomic E-state index is 0.284. The van der Waals surface area contributed by atoms with Crippen molar-refractivity contribution in [3.63, 3.8) is 0 Å². The first-order valence-corrected chi connectivity index (χ1v) is 9.55. The van der Waals surface area contributed by atoms with Gasteiger partial charge in [0.2, 0.25) is 10.0 Å². The van der Waals surface area contributed by atoms with Crippen LogP contribution < -0.4 is 4.72 Å². The second-order valence-corrected chi connectivity index (χ2v) is 7.88. The summed E-state index contributed by atoms with van der Waals surface area (Å²) in [5.41, 5.74) is 2.84. The molecule has 0 amide bonds. The summed E-state index contributed by atoms with van der Waals surface area (Å²) in [5, 5.41) is 1.99. The van der Waals surface area contributed by atoms with Gasteiger partial charge in [-0.05, 0) is 30.5 Å². The Bertz CT molecular complexity index is 866. The standard InChI is InChI=1S/C16H17N3O2S2/c1-12-4-6-13(7-5-12)23(20,21)19-9-8-14-16(18-11-17-14)15-3-2-10-22-15/h2-7,10-11,19H,8-9H2,1H3,(H,17,18). The largest absolute Gasteiger partial charge is 0.348 e. The van der Waals surface area contributed by atoms with Gasteiger partial charge in [0.05, 0.1) is 16.1 Å². The number of aryl methyl sites for hydroxylation is 1. The number of hydrogen-bond acceptors (Lipinski definition) is 4. The van der Waals surface area contributed by atoms with E-state index >= 15 is 0 Å². The molecule has 3 rings (SSSR count). The van der Waals surface area contributed by atoms with Gasteiger partial charge in [0, 0.05) is 18.7 Å². The van der Waals surface area contributed by atoms with Crippen molar-refractivity contribution >= 4 is 21.4 Å².